The average Bonchev–Trinajstić information content (AvgIpc) is 3.54. The molecule has 8 aromatic rings. The van der Waals surface area contributed by atoms with Gasteiger partial charge in [-0.15, -0.1) is 11.3 Å². The van der Waals surface area contributed by atoms with E-state index in [0.29, 0.717) is 5.95 Å². The van der Waals surface area contributed by atoms with E-state index in [4.69, 9.17) is 9.97 Å². The smallest absolute Gasteiger partial charge is 0.235 e. The first-order valence-electron chi connectivity index (χ1n) is 15.8. The highest BCUT2D eigenvalue weighted by Crippen LogP contribution is 2.56. The standard InChI is InChI=1S/C43H28N4S/c1-3-12-27(4-2)35-25-36(28-13-6-5-7-14-28)46-43(45-35)47-37-18-10-17-31-30(29-15-11-24-44-26-29)20-21-32(40(31)37)33-22-23-39-41(42(33)47)34-16-8-9-19-38(34)48-39/h3-26H,1-2H2/b27-12+. The SMILES string of the molecule is C=C/C=C(\C=C)c1cc(-c2ccccc2)nc(N2c3cccc4c(-c5cccnc5)ccc(c34)-c3ccc4sc5ccccc5c4c32)n1. The van der Waals surface area contributed by atoms with E-state index in [1.165, 1.54) is 25.7 Å². The largest absolute Gasteiger partial charge is 0.277 e. The molecule has 0 N–H and O–H groups in total. The summed E-state index contributed by atoms with van der Waals surface area (Å²) in [6.45, 7) is 8.07. The second-order valence-electron chi connectivity index (χ2n) is 11.7. The third-order valence-electron chi connectivity index (χ3n) is 9.06. The Morgan fingerprint density at radius 3 is 2.29 bits per heavy atom. The molecule has 0 unspecified atom stereocenters. The number of anilines is 3. The number of rotatable bonds is 6. The predicted octanol–water partition coefficient (Wildman–Crippen LogP) is 11.9. The summed E-state index contributed by atoms with van der Waals surface area (Å²) < 4.78 is 2.47. The topological polar surface area (TPSA) is 41.9 Å². The minimum Gasteiger partial charge on any atom is -0.277 e. The van der Waals surface area contributed by atoms with E-state index in [0.717, 1.165) is 61.4 Å². The van der Waals surface area contributed by atoms with Crippen LogP contribution >= 0.6 is 11.3 Å². The zero-order valence-electron chi connectivity index (χ0n) is 26.0. The number of benzene rings is 5. The first kappa shape index (κ1) is 28.1. The van der Waals surface area contributed by atoms with Crippen LogP contribution in [0.15, 0.2) is 159 Å². The lowest BCUT2D eigenvalue weighted by atomic mass is 9.87. The molecule has 226 valence electrons. The zero-order chi connectivity index (χ0) is 32.2. The molecule has 3 aromatic heterocycles. The molecule has 5 aromatic carbocycles. The van der Waals surface area contributed by atoms with Crippen LogP contribution in [0.1, 0.15) is 5.69 Å². The van der Waals surface area contributed by atoms with Gasteiger partial charge in [0.1, 0.15) is 0 Å². The molecule has 1 aliphatic rings. The van der Waals surface area contributed by atoms with Gasteiger partial charge in [0, 0.05) is 54.6 Å². The van der Waals surface area contributed by atoms with Crippen molar-refractivity contribution in [2.24, 2.45) is 0 Å². The highest BCUT2D eigenvalue weighted by atomic mass is 32.1. The monoisotopic (exact) mass is 632 g/mol. The summed E-state index contributed by atoms with van der Waals surface area (Å²) in [6, 6.07) is 40.7. The maximum absolute atomic E-state index is 5.34. The molecule has 0 amide bonds. The third-order valence-corrected chi connectivity index (χ3v) is 10.2. The Labute approximate surface area is 282 Å². The number of pyridine rings is 1. The lowest BCUT2D eigenvalue weighted by molar-refractivity contribution is 1.08. The van der Waals surface area contributed by atoms with Crippen LogP contribution in [-0.2, 0) is 0 Å². The summed E-state index contributed by atoms with van der Waals surface area (Å²) >= 11 is 1.82. The molecule has 0 aliphatic carbocycles. The van der Waals surface area contributed by atoms with Crippen LogP contribution in [0, 0.1) is 0 Å². The van der Waals surface area contributed by atoms with E-state index in [1.54, 1.807) is 6.08 Å². The van der Waals surface area contributed by atoms with Crippen LogP contribution < -0.4 is 4.90 Å². The second-order valence-corrected chi connectivity index (χ2v) is 12.8. The lowest BCUT2D eigenvalue weighted by Gasteiger charge is -2.33. The second kappa shape index (κ2) is 11.3. The van der Waals surface area contributed by atoms with Crippen LogP contribution in [0.3, 0.4) is 0 Å². The Hall–Kier alpha value is -6.17. The van der Waals surface area contributed by atoms with Gasteiger partial charge in [0.05, 0.1) is 22.8 Å². The third kappa shape index (κ3) is 4.33. The number of hydrogen-bond donors (Lipinski definition) is 0. The number of nitrogens with zero attached hydrogens (tertiary/aromatic N) is 4. The number of allylic oxidation sites excluding steroid dienone is 4. The van der Waals surface area contributed by atoms with Gasteiger partial charge in [-0.25, -0.2) is 9.97 Å². The van der Waals surface area contributed by atoms with Crippen molar-refractivity contribution in [2.75, 3.05) is 4.90 Å². The maximum Gasteiger partial charge on any atom is 0.235 e. The molecule has 0 atom stereocenters. The van der Waals surface area contributed by atoms with Gasteiger partial charge in [0.25, 0.3) is 0 Å². The lowest BCUT2D eigenvalue weighted by Crippen LogP contribution is -2.19. The van der Waals surface area contributed by atoms with Crippen molar-refractivity contribution in [3.05, 3.63) is 165 Å². The number of aromatic nitrogens is 3. The van der Waals surface area contributed by atoms with Gasteiger partial charge in [-0.1, -0.05) is 116 Å². The van der Waals surface area contributed by atoms with Crippen molar-refractivity contribution < 1.29 is 0 Å². The minimum atomic E-state index is 0.595. The quantitative estimate of drug-likeness (QED) is 0.171. The number of thiophene rings is 1. The van der Waals surface area contributed by atoms with Crippen LogP contribution in [0.4, 0.5) is 17.3 Å². The molecule has 4 heterocycles. The maximum atomic E-state index is 5.34. The first-order valence-corrected chi connectivity index (χ1v) is 16.7. The highest BCUT2D eigenvalue weighted by Gasteiger charge is 2.32. The van der Waals surface area contributed by atoms with Gasteiger partial charge in [-0.2, -0.15) is 0 Å². The van der Waals surface area contributed by atoms with Gasteiger partial charge in [-0.05, 0) is 52.4 Å². The molecular weight excluding hydrogens is 605 g/mol. The molecule has 0 saturated heterocycles. The molecule has 0 spiro atoms. The van der Waals surface area contributed by atoms with Gasteiger partial charge in [0.2, 0.25) is 5.95 Å². The van der Waals surface area contributed by atoms with Gasteiger partial charge < -0.3 is 0 Å². The predicted molar refractivity (Wildman–Crippen MR) is 203 cm³/mol. The molecule has 0 saturated carbocycles. The van der Waals surface area contributed by atoms with E-state index in [9.17, 15) is 0 Å². The molecule has 4 nitrogen and oxygen atoms in total. The summed E-state index contributed by atoms with van der Waals surface area (Å²) in [6.07, 6.45) is 9.29. The zero-order valence-corrected chi connectivity index (χ0v) is 26.8. The molecule has 48 heavy (non-hydrogen) atoms. The fraction of sp³-hybridized carbons (Fsp3) is 0. The Bertz CT molecular complexity index is 2600. The van der Waals surface area contributed by atoms with Crippen molar-refractivity contribution >= 4 is 65.2 Å². The molecule has 1 aliphatic heterocycles. The Morgan fingerprint density at radius 1 is 0.667 bits per heavy atom. The Balaban J connectivity index is 1.43. The normalized spacial score (nSPS) is 12.4. The molecule has 0 radical (unpaired) electrons. The molecular formula is C43H28N4S. The van der Waals surface area contributed by atoms with E-state index in [-0.39, 0.29) is 0 Å². The average molecular weight is 633 g/mol. The van der Waals surface area contributed by atoms with Crippen LogP contribution in [0.5, 0.6) is 0 Å². The van der Waals surface area contributed by atoms with E-state index in [1.807, 2.05) is 66.2 Å². The summed E-state index contributed by atoms with van der Waals surface area (Å²) in [5.74, 6) is 0.595. The van der Waals surface area contributed by atoms with E-state index < -0.39 is 0 Å². The molecule has 5 heteroatoms. The highest BCUT2D eigenvalue weighted by molar-refractivity contribution is 7.26. The van der Waals surface area contributed by atoms with Gasteiger partial charge in [0.15, 0.2) is 0 Å². The Morgan fingerprint density at radius 2 is 1.46 bits per heavy atom. The fourth-order valence-electron chi connectivity index (χ4n) is 6.97. The summed E-state index contributed by atoms with van der Waals surface area (Å²) in [5, 5.41) is 4.74. The minimum absolute atomic E-state index is 0.595. The fourth-order valence-corrected chi connectivity index (χ4v) is 8.08. The molecule has 0 fully saturated rings. The van der Waals surface area contributed by atoms with E-state index in [2.05, 4.69) is 108 Å². The molecule has 9 rings (SSSR count). The van der Waals surface area contributed by atoms with Crippen LogP contribution in [-0.4, -0.2) is 15.0 Å². The molecule has 0 bridgehead atoms. The van der Waals surface area contributed by atoms with Crippen LogP contribution in [0.25, 0.3) is 70.0 Å². The van der Waals surface area contributed by atoms with E-state index >= 15 is 0 Å². The van der Waals surface area contributed by atoms with Crippen molar-refractivity contribution in [1.82, 2.24) is 15.0 Å². The summed E-state index contributed by atoms with van der Waals surface area (Å²) in [4.78, 5) is 17.4. The van der Waals surface area contributed by atoms with Gasteiger partial charge >= 0.3 is 0 Å². The first-order chi connectivity index (χ1) is 23.7. The van der Waals surface area contributed by atoms with Crippen molar-refractivity contribution in [3.63, 3.8) is 0 Å². The Kier molecular flexibility index (Phi) is 6.59. The van der Waals surface area contributed by atoms with Crippen molar-refractivity contribution in [3.8, 4) is 33.5 Å². The summed E-state index contributed by atoms with van der Waals surface area (Å²) in [5.41, 5.74) is 10.2. The van der Waals surface area contributed by atoms with Crippen molar-refractivity contribution in [2.45, 2.75) is 0 Å². The number of hydrogen-bond acceptors (Lipinski definition) is 5. The summed E-state index contributed by atoms with van der Waals surface area (Å²) in [7, 11) is 0. The number of fused-ring (bicyclic) bond motifs is 6. The van der Waals surface area contributed by atoms with Gasteiger partial charge in [-0.3, -0.25) is 9.88 Å². The van der Waals surface area contributed by atoms with Crippen LogP contribution in [0.2, 0.25) is 0 Å². The van der Waals surface area contributed by atoms with Crippen molar-refractivity contribution in [1.29, 1.82) is 0 Å².